The maximum atomic E-state index is 11.9. The molecule has 1 aliphatic rings. The normalized spacial score (nSPS) is 23.5. The Morgan fingerprint density at radius 3 is 2.67 bits per heavy atom. The Morgan fingerprint density at radius 1 is 1.47 bits per heavy atom. The van der Waals surface area contributed by atoms with Gasteiger partial charge in [0, 0.05) is 0 Å². The number of hydrogen-bond acceptors (Lipinski definition) is 2. The summed E-state index contributed by atoms with van der Waals surface area (Å²) >= 11 is 0. The lowest BCUT2D eigenvalue weighted by molar-refractivity contribution is -0.149. The van der Waals surface area contributed by atoms with Crippen LogP contribution in [0.1, 0.15) is 34.1 Å². The molecule has 84 valence electrons. The van der Waals surface area contributed by atoms with Crippen LogP contribution in [0.25, 0.3) is 0 Å². The summed E-state index contributed by atoms with van der Waals surface area (Å²) in [6.07, 6.45) is 7.05. The van der Waals surface area contributed by atoms with Crippen LogP contribution in [-0.2, 0) is 9.53 Å². The lowest BCUT2D eigenvalue weighted by Crippen LogP contribution is -2.34. The molecule has 1 aliphatic carbocycles. The Kier molecular flexibility index (Phi) is 3.72. The Labute approximate surface area is 92.0 Å². The largest absolute Gasteiger partial charge is 0.466 e. The van der Waals surface area contributed by atoms with Crippen LogP contribution in [-0.4, -0.2) is 12.6 Å². The molecule has 2 nitrogen and oxygen atoms in total. The van der Waals surface area contributed by atoms with Gasteiger partial charge in [-0.05, 0) is 18.8 Å². The Morgan fingerprint density at radius 2 is 2.13 bits per heavy atom. The van der Waals surface area contributed by atoms with Gasteiger partial charge in [-0.25, -0.2) is 0 Å². The molecule has 0 fully saturated rings. The molecule has 0 spiro atoms. The van der Waals surface area contributed by atoms with Crippen molar-refractivity contribution in [2.75, 3.05) is 6.61 Å². The lowest BCUT2D eigenvalue weighted by Gasteiger charge is -2.33. The van der Waals surface area contributed by atoms with Crippen molar-refractivity contribution < 1.29 is 9.53 Å². The number of carbonyl (C=O) groups is 1. The Bertz CT molecular complexity index is 298. The van der Waals surface area contributed by atoms with Gasteiger partial charge in [-0.3, -0.25) is 4.79 Å². The van der Waals surface area contributed by atoms with E-state index in [1.165, 1.54) is 5.57 Å². The third kappa shape index (κ3) is 2.49. The minimum Gasteiger partial charge on any atom is -0.466 e. The smallest absolute Gasteiger partial charge is 0.313 e. The number of allylic oxidation sites excluding steroid dienone is 3. The zero-order chi connectivity index (χ0) is 11.5. The highest BCUT2D eigenvalue weighted by Crippen LogP contribution is 2.39. The van der Waals surface area contributed by atoms with Gasteiger partial charge in [-0.2, -0.15) is 0 Å². The van der Waals surface area contributed by atoms with Gasteiger partial charge in [-0.15, -0.1) is 0 Å². The maximum absolute atomic E-state index is 11.9. The van der Waals surface area contributed by atoms with Crippen molar-refractivity contribution in [2.45, 2.75) is 34.1 Å². The van der Waals surface area contributed by atoms with Crippen molar-refractivity contribution in [3.8, 4) is 0 Å². The van der Waals surface area contributed by atoms with E-state index in [1.54, 1.807) is 0 Å². The maximum Gasteiger partial charge on any atom is 0.313 e. The molecule has 0 aliphatic heterocycles. The molecule has 0 aromatic rings. The summed E-state index contributed by atoms with van der Waals surface area (Å²) in [5.74, 6) is -0.215. The quantitative estimate of drug-likeness (QED) is 0.666. The number of ether oxygens (including phenoxy) is 1. The van der Waals surface area contributed by atoms with Gasteiger partial charge < -0.3 is 4.74 Å². The van der Waals surface area contributed by atoms with E-state index in [-0.39, 0.29) is 17.3 Å². The van der Waals surface area contributed by atoms with Crippen molar-refractivity contribution in [1.82, 2.24) is 0 Å². The van der Waals surface area contributed by atoms with Gasteiger partial charge in [0.1, 0.15) is 0 Å². The first kappa shape index (κ1) is 12.0. The summed E-state index contributed by atoms with van der Waals surface area (Å²) in [4.78, 5) is 11.9. The first-order valence-electron chi connectivity index (χ1n) is 5.57. The molecule has 0 radical (unpaired) electrons. The summed E-state index contributed by atoms with van der Waals surface area (Å²) in [5, 5.41) is 0. The summed E-state index contributed by atoms with van der Waals surface area (Å²) in [6.45, 7) is 8.53. The highest BCUT2D eigenvalue weighted by Gasteiger charge is 2.37. The number of rotatable bonds is 3. The third-order valence-electron chi connectivity index (χ3n) is 2.88. The van der Waals surface area contributed by atoms with E-state index in [0.717, 1.165) is 6.42 Å². The fourth-order valence-corrected chi connectivity index (χ4v) is 2.09. The van der Waals surface area contributed by atoms with Crippen LogP contribution < -0.4 is 0 Å². The molecule has 0 N–H and O–H groups in total. The molecular formula is C13H20O2. The topological polar surface area (TPSA) is 26.3 Å². The van der Waals surface area contributed by atoms with Gasteiger partial charge in [0.15, 0.2) is 0 Å². The highest BCUT2D eigenvalue weighted by molar-refractivity contribution is 5.77. The van der Waals surface area contributed by atoms with Gasteiger partial charge in [-0.1, -0.05) is 44.6 Å². The highest BCUT2D eigenvalue weighted by atomic mass is 16.5. The second-order valence-corrected chi connectivity index (χ2v) is 4.46. The lowest BCUT2D eigenvalue weighted by atomic mass is 9.71. The standard InChI is InChI=1S/C13H20O2/c1-5-10-8-7-9-13(3,4)11(10)12(14)15-6-2/h7-9,11H,5-6H2,1-4H3. The average molecular weight is 208 g/mol. The van der Waals surface area contributed by atoms with E-state index >= 15 is 0 Å². The zero-order valence-electron chi connectivity index (χ0n) is 10.0. The molecule has 0 bridgehead atoms. The number of esters is 1. The summed E-state index contributed by atoms with van der Waals surface area (Å²) < 4.78 is 5.14. The van der Waals surface area contributed by atoms with Crippen molar-refractivity contribution in [1.29, 1.82) is 0 Å². The zero-order valence-corrected chi connectivity index (χ0v) is 10.0. The van der Waals surface area contributed by atoms with Crippen molar-refractivity contribution in [3.05, 3.63) is 23.8 Å². The fraction of sp³-hybridized carbons (Fsp3) is 0.615. The van der Waals surface area contributed by atoms with Crippen LogP contribution in [0.3, 0.4) is 0 Å². The number of carbonyl (C=O) groups excluding carboxylic acids is 1. The van der Waals surface area contributed by atoms with Crippen molar-refractivity contribution >= 4 is 5.97 Å². The van der Waals surface area contributed by atoms with E-state index in [4.69, 9.17) is 4.74 Å². The molecule has 1 rings (SSSR count). The van der Waals surface area contributed by atoms with Crippen LogP contribution in [0, 0.1) is 11.3 Å². The van der Waals surface area contributed by atoms with Crippen LogP contribution >= 0.6 is 0 Å². The first-order chi connectivity index (χ1) is 7.03. The first-order valence-corrected chi connectivity index (χ1v) is 5.57. The van der Waals surface area contributed by atoms with Crippen molar-refractivity contribution in [2.24, 2.45) is 11.3 Å². The minimum atomic E-state index is -0.133. The second-order valence-electron chi connectivity index (χ2n) is 4.46. The minimum absolute atomic E-state index is 0.0973. The molecule has 15 heavy (non-hydrogen) atoms. The molecule has 0 aromatic heterocycles. The Hall–Kier alpha value is -1.05. The molecule has 0 aromatic carbocycles. The van der Waals surface area contributed by atoms with Crippen LogP contribution in [0.2, 0.25) is 0 Å². The molecule has 0 amide bonds. The van der Waals surface area contributed by atoms with Gasteiger partial charge in [0.2, 0.25) is 0 Å². The van der Waals surface area contributed by atoms with Gasteiger partial charge >= 0.3 is 5.97 Å². The van der Waals surface area contributed by atoms with E-state index in [9.17, 15) is 4.79 Å². The van der Waals surface area contributed by atoms with E-state index in [0.29, 0.717) is 6.61 Å². The van der Waals surface area contributed by atoms with Gasteiger partial charge in [0.05, 0.1) is 12.5 Å². The molecule has 0 saturated heterocycles. The molecule has 1 unspecified atom stereocenters. The van der Waals surface area contributed by atoms with E-state index in [1.807, 2.05) is 19.1 Å². The molecule has 1 atom stereocenters. The third-order valence-corrected chi connectivity index (χ3v) is 2.88. The fourth-order valence-electron chi connectivity index (χ4n) is 2.09. The molecule has 2 heteroatoms. The summed E-state index contributed by atoms with van der Waals surface area (Å²) in [5.41, 5.74) is 1.03. The predicted octanol–water partition coefficient (Wildman–Crippen LogP) is 3.10. The van der Waals surface area contributed by atoms with Crippen LogP contribution in [0.15, 0.2) is 23.8 Å². The van der Waals surface area contributed by atoms with E-state index < -0.39 is 0 Å². The predicted molar refractivity (Wildman–Crippen MR) is 61.4 cm³/mol. The van der Waals surface area contributed by atoms with Crippen molar-refractivity contribution in [3.63, 3.8) is 0 Å². The summed E-state index contributed by atoms with van der Waals surface area (Å²) in [7, 11) is 0. The Balaban J connectivity index is 2.95. The van der Waals surface area contributed by atoms with Gasteiger partial charge in [0.25, 0.3) is 0 Å². The monoisotopic (exact) mass is 208 g/mol. The number of hydrogen-bond donors (Lipinski definition) is 0. The van der Waals surface area contributed by atoms with E-state index in [2.05, 4.69) is 26.8 Å². The average Bonchev–Trinajstić information content (AvgIpc) is 2.16. The van der Waals surface area contributed by atoms with Crippen LogP contribution in [0.4, 0.5) is 0 Å². The summed E-state index contributed by atoms with van der Waals surface area (Å²) in [6, 6.07) is 0. The molecule has 0 saturated carbocycles. The van der Waals surface area contributed by atoms with Crippen LogP contribution in [0.5, 0.6) is 0 Å². The SMILES string of the molecule is CCOC(=O)C1C(CC)=CC=CC1(C)C. The second kappa shape index (κ2) is 4.65. The molecular weight excluding hydrogens is 188 g/mol. The molecule has 0 heterocycles.